The fraction of sp³-hybridized carbons (Fsp3) is 0.714. The minimum atomic E-state index is -0.130. The van der Waals surface area contributed by atoms with E-state index in [0.717, 1.165) is 25.9 Å². The molecule has 0 aromatic carbocycles. The van der Waals surface area contributed by atoms with Crippen LogP contribution in [0.2, 0.25) is 0 Å². The molecule has 1 aromatic rings. The number of rotatable bonds is 10. The van der Waals surface area contributed by atoms with E-state index in [0.29, 0.717) is 38.6 Å². The number of ether oxygens (including phenoxy) is 2. The molecule has 0 bridgehead atoms. The van der Waals surface area contributed by atoms with E-state index < -0.39 is 0 Å². The Bertz CT molecular complexity index is 694. The van der Waals surface area contributed by atoms with Crippen LogP contribution in [0, 0.1) is 11.8 Å². The Labute approximate surface area is 176 Å². The van der Waals surface area contributed by atoms with E-state index in [-0.39, 0.29) is 35.8 Å². The van der Waals surface area contributed by atoms with Crippen molar-refractivity contribution in [2.45, 2.75) is 50.4 Å². The van der Waals surface area contributed by atoms with Gasteiger partial charge in [0.15, 0.2) is 0 Å². The SMILES string of the molecule is COCCNC(=O)C[C@@H]1OC[C@@H]2[C@H]1[C@H](CC(=O)NC1CC1)CN2Cc1cccs1. The third kappa shape index (κ3) is 5.36. The summed E-state index contributed by atoms with van der Waals surface area (Å²) in [6.07, 6.45) is 2.93. The molecule has 3 fully saturated rings. The van der Waals surface area contributed by atoms with E-state index in [1.807, 2.05) is 0 Å². The molecule has 4 rings (SSSR count). The molecule has 2 amide bonds. The van der Waals surface area contributed by atoms with Crippen LogP contribution in [0.25, 0.3) is 0 Å². The van der Waals surface area contributed by atoms with Crippen molar-refractivity contribution in [3.63, 3.8) is 0 Å². The smallest absolute Gasteiger partial charge is 0.222 e. The van der Waals surface area contributed by atoms with E-state index in [9.17, 15) is 9.59 Å². The number of thiophene rings is 1. The highest BCUT2D eigenvalue weighted by Gasteiger charge is 2.51. The molecule has 3 aliphatic rings. The minimum Gasteiger partial charge on any atom is -0.383 e. The number of amides is 2. The summed E-state index contributed by atoms with van der Waals surface area (Å²) in [5.41, 5.74) is 0. The summed E-state index contributed by atoms with van der Waals surface area (Å²) in [6, 6.07) is 4.88. The van der Waals surface area contributed by atoms with Crippen LogP contribution in [0.5, 0.6) is 0 Å². The lowest BCUT2D eigenvalue weighted by Crippen LogP contribution is -2.36. The van der Waals surface area contributed by atoms with Gasteiger partial charge >= 0.3 is 0 Å². The largest absolute Gasteiger partial charge is 0.383 e. The van der Waals surface area contributed by atoms with Crippen molar-refractivity contribution in [3.8, 4) is 0 Å². The second-order valence-electron chi connectivity index (χ2n) is 8.38. The van der Waals surface area contributed by atoms with Gasteiger partial charge in [-0.2, -0.15) is 0 Å². The van der Waals surface area contributed by atoms with Gasteiger partial charge in [-0.05, 0) is 30.2 Å². The number of carbonyl (C=O) groups excluding carboxylic acids is 2. The first-order valence-electron chi connectivity index (χ1n) is 10.6. The van der Waals surface area contributed by atoms with E-state index in [1.54, 1.807) is 18.4 Å². The Morgan fingerprint density at radius 2 is 2.17 bits per heavy atom. The molecule has 2 N–H and O–H groups in total. The summed E-state index contributed by atoms with van der Waals surface area (Å²) >= 11 is 1.76. The molecule has 0 spiro atoms. The summed E-state index contributed by atoms with van der Waals surface area (Å²) in [5.74, 6) is 0.570. The zero-order valence-electron chi connectivity index (χ0n) is 17.0. The molecule has 1 aliphatic carbocycles. The van der Waals surface area contributed by atoms with Gasteiger partial charge in [0.05, 0.1) is 25.7 Å². The van der Waals surface area contributed by atoms with Crippen molar-refractivity contribution >= 4 is 23.2 Å². The zero-order valence-corrected chi connectivity index (χ0v) is 17.8. The maximum Gasteiger partial charge on any atom is 0.222 e. The average Bonchev–Trinajstić information content (AvgIpc) is 3.07. The maximum absolute atomic E-state index is 12.5. The van der Waals surface area contributed by atoms with Gasteiger partial charge < -0.3 is 20.1 Å². The Kier molecular flexibility index (Phi) is 6.85. The van der Waals surface area contributed by atoms with Crippen LogP contribution in [0.3, 0.4) is 0 Å². The molecule has 4 atom stereocenters. The van der Waals surface area contributed by atoms with Crippen LogP contribution >= 0.6 is 11.3 Å². The molecule has 3 heterocycles. The molecule has 8 heteroatoms. The van der Waals surface area contributed by atoms with Gasteiger partial charge in [-0.15, -0.1) is 11.3 Å². The monoisotopic (exact) mass is 421 g/mol. The van der Waals surface area contributed by atoms with Crippen molar-refractivity contribution in [2.24, 2.45) is 11.8 Å². The van der Waals surface area contributed by atoms with Crippen molar-refractivity contribution < 1.29 is 19.1 Å². The van der Waals surface area contributed by atoms with Crippen molar-refractivity contribution in [1.82, 2.24) is 15.5 Å². The maximum atomic E-state index is 12.5. The highest BCUT2D eigenvalue weighted by molar-refractivity contribution is 7.09. The quantitative estimate of drug-likeness (QED) is 0.558. The molecule has 29 heavy (non-hydrogen) atoms. The van der Waals surface area contributed by atoms with Crippen molar-refractivity contribution in [3.05, 3.63) is 22.4 Å². The van der Waals surface area contributed by atoms with Crippen LogP contribution < -0.4 is 10.6 Å². The van der Waals surface area contributed by atoms with Gasteiger partial charge in [-0.25, -0.2) is 0 Å². The van der Waals surface area contributed by atoms with Crippen LogP contribution in [0.1, 0.15) is 30.6 Å². The molecule has 160 valence electrons. The summed E-state index contributed by atoms with van der Waals surface area (Å²) in [4.78, 5) is 28.6. The summed E-state index contributed by atoms with van der Waals surface area (Å²) < 4.78 is 11.1. The molecule has 0 radical (unpaired) electrons. The normalized spacial score (nSPS) is 29.0. The number of methoxy groups -OCH3 is 1. The second-order valence-corrected chi connectivity index (χ2v) is 9.41. The molecule has 2 aliphatic heterocycles. The second kappa shape index (κ2) is 9.55. The standard InChI is InChI=1S/C21H31N3O4S/c1-27-7-6-22-19(25)10-18-21-14(9-20(26)23-15-4-5-15)11-24(17(21)13-28-18)12-16-3-2-8-29-16/h2-3,8,14-15,17-18,21H,4-7,9-13H2,1H3,(H,22,25)(H,23,26)/t14-,17-,18+,21-/m1/s1. The van der Waals surface area contributed by atoms with Crippen LogP contribution in [-0.2, 0) is 25.6 Å². The third-order valence-electron chi connectivity index (χ3n) is 6.18. The molecule has 1 saturated carbocycles. The zero-order chi connectivity index (χ0) is 20.2. The van der Waals surface area contributed by atoms with Gasteiger partial charge in [-0.1, -0.05) is 6.07 Å². The van der Waals surface area contributed by atoms with Crippen LogP contribution in [-0.4, -0.2) is 68.3 Å². The summed E-state index contributed by atoms with van der Waals surface area (Å²) in [7, 11) is 1.62. The highest BCUT2D eigenvalue weighted by atomic mass is 32.1. The van der Waals surface area contributed by atoms with Gasteiger partial charge in [0.2, 0.25) is 11.8 Å². The third-order valence-corrected chi connectivity index (χ3v) is 7.04. The van der Waals surface area contributed by atoms with Gasteiger partial charge in [0.1, 0.15) is 0 Å². The fourth-order valence-electron chi connectivity index (χ4n) is 4.70. The van der Waals surface area contributed by atoms with E-state index in [2.05, 4.69) is 33.0 Å². The fourth-order valence-corrected chi connectivity index (χ4v) is 5.43. The summed E-state index contributed by atoms with van der Waals surface area (Å²) in [6.45, 7) is 3.41. The molecule has 1 aromatic heterocycles. The predicted molar refractivity (Wildman–Crippen MR) is 111 cm³/mol. The lowest BCUT2D eigenvalue weighted by Gasteiger charge is -2.23. The molecule has 0 unspecified atom stereocenters. The van der Waals surface area contributed by atoms with Crippen LogP contribution in [0.4, 0.5) is 0 Å². The number of hydrogen-bond donors (Lipinski definition) is 2. The first-order valence-corrected chi connectivity index (χ1v) is 11.4. The highest BCUT2D eigenvalue weighted by Crippen LogP contribution is 2.42. The topological polar surface area (TPSA) is 79.9 Å². The van der Waals surface area contributed by atoms with Gasteiger partial charge in [0, 0.05) is 56.0 Å². The van der Waals surface area contributed by atoms with E-state index in [1.165, 1.54) is 4.88 Å². The Morgan fingerprint density at radius 1 is 1.31 bits per heavy atom. The Balaban J connectivity index is 1.40. The number of likely N-dealkylation sites (tertiary alicyclic amines) is 1. The first-order chi connectivity index (χ1) is 14.1. The lowest BCUT2D eigenvalue weighted by molar-refractivity contribution is -0.124. The first kappa shape index (κ1) is 20.8. The Hall–Kier alpha value is -1.48. The lowest BCUT2D eigenvalue weighted by atomic mass is 9.84. The number of carbonyl (C=O) groups is 2. The minimum absolute atomic E-state index is 0.00871. The molecular weight excluding hydrogens is 390 g/mol. The molecule has 7 nitrogen and oxygen atoms in total. The average molecular weight is 422 g/mol. The number of fused-ring (bicyclic) bond motifs is 1. The van der Waals surface area contributed by atoms with E-state index >= 15 is 0 Å². The molecular formula is C21H31N3O4S. The Morgan fingerprint density at radius 3 is 2.90 bits per heavy atom. The molecule has 2 saturated heterocycles. The van der Waals surface area contributed by atoms with Gasteiger partial charge in [0.25, 0.3) is 0 Å². The number of hydrogen-bond acceptors (Lipinski definition) is 6. The van der Waals surface area contributed by atoms with Gasteiger partial charge in [-0.3, -0.25) is 14.5 Å². The predicted octanol–water partition coefficient (Wildman–Crippen LogP) is 1.38. The van der Waals surface area contributed by atoms with Crippen molar-refractivity contribution in [2.75, 3.05) is 33.4 Å². The van der Waals surface area contributed by atoms with Crippen molar-refractivity contribution in [1.29, 1.82) is 0 Å². The summed E-state index contributed by atoms with van der Waals surface area (Å²) in [5, 5.41) is 8.11. The number of nitrogens with zero attached hydrogens (tertiary/aromatic N) is 1. The van der Waals surface area contributed by atoms with E-state index in [4.69, 9.17) is 9.47 Å². The number of nitrogens with one attached hydrogen (secondary N) is 2. The van der Waals surface area contributed by atoms with Crippen LogP contribution in [0.15, 0.2) is 17.5 Å².